The summed E-state index contributed by atoms with van der Waals surface area (Å²) >= 11 is 0. The SMILES string of the molecule is NC(=O)OCC1(C2(C(=O)O)CCCCC2)C=NN=N1. The molecule has 2 rings (SSSR count). The van der Waals surface area contributed by atoms with E-state index in [1.807, 2.05) is 0 Å². The zero-order valence-electron chi connectivity index (χ0n) is 10.4. The third kappa shape index (κ3) is 2.18. The van der Waals surface area contributed by atoms with Gasteiger partial charge in [-0.25, -0.2) is 4.79 Å². The molecule has 2 aliphatic rings. The van der Waals surface area contributed by atoms with E-state index in [4.69, 9.17) is 10.5 Å². The average molecular weight is 268 g/mol. The maximum atomic E-state index is 11.8. The van der Waals surface area contributed by atoms with Gasteiger partial charge in [-0.05, 0) is 18.1 Å². The Bertz CT molecular complexity index is 428. The van der Waals surface area contributed by atoms with Gasteiger partial charge >= 0.3 is 12.1 Å². The molecular formula is C11H16N4O4. The van der Waals surface area contributed by atoms with E-state index in [-0.39, 0.29) is 6.61 Å². The maximum absolute atomic E-state index is 11.8. The molecule has 1 atom stereocenters. The number of nitrogens with two attached hydrogens (primary N) is 1. The number of carboxylic acids is 1. The van der Waals surface area contributed by atoms with Crippen LogP contribution in [-0.2, 0) is 9.53 Å². The minimum absolute atomic E-state index is 0.248. The third-order valence-electron chi connectivity index (χ3n) is 3.93. The Kier molecular flexibility index (Phi) is 3.50. The molecule has 1 amide bonds. The lowest BCUT2D eigenvalue weighted by Crippen LogP contribution is -2.56. The minimum Gasteiger partial charge on any atom is -0.481 e. The predicted octanol–water partition coefficient (Wildman–Crippen LogP) is 1.31. The van der Waals surface area contributed by atoms with Crippen LogP contribution in [0.1, 0.15) is 32.1 Å². The highest BCUT2D eigenvalue weighted by Crippen LogP contribution is 2.48. The highest BCUT2D eigenvalue weighted by Gasteiger charge is 2.59. The molecule has 19 heavy (non-hydrogen) atoms. The highest BCUT2D eigenvalue weighted by atomic mass is 16.5. The maximum Gasteiger partial charge on any atom is 0.404 e. The summed E-state index contributed by atoms with van der Waals surface area (Å²) in [6, 6.07) is 0. The van der Waals surface area contributed by atoms with Crippen LogP contribution in [-0.4, -0.2) is 35.5 Å². The monoisotopic (exact) mass is 268 g/mol. The number of hydrogen-bond donors (Lipinski definition) is 2. The number of carbonyl (C=O) groups is 2. The number of aliphatic carboxylic acids is 1. The summed E-state index contributed by atoms with van der Waals surface area (Å²) in [5, 5.41) is 20.8. The van der Waals surface area contributed by atoms with Crippen LogP contribution in [0.3, 0.4) is 0 Å². The molecule has 0 aromatic rings. The zero-order chi connectivity index (χ0) is 13.9. The molecule has 1 unspecified atom stereocenters. The van der Waals surface area contributed by atoms with Crippen LogP contribution in [0.25, 0.3) is 0 Å². The third-order valence-corrected chi connectivity index (χ3v) is 3.93. The van der Waals surface area contributed by atoms with Crippen LogP contribution >= 0.6 is 0 Å². The van der Waals surface area contributed by atoms with E-state index in [1.54, 1.807) is 0 Å². The summed E-state index contributed by atoms with van der Waals surface area (Å²) in [5.41, 5.74) is 2.58. The first-order valence-electron chi connectivity index (χ1n) is 6.14. The molecule has 1 aliphatic carbocycles. The van der Waals surface area contributed by atoms with Crippen LogP contribution in [0.4, 0.5) is 4.79 Å². The van der Waals surface area contributed by atoms with E-state index in [9.17, 15) is 14.7 Å². The van der Waals surface area contributed by atoms with Gasteiger partial charge in [-0.15, -0.1) is 5.10 Å². The van der Waals surface area contributed by atoms with E-state index in [2.05, 4.69) is 15.4 Å². The van der Waals surface area contributed by atoms with E-state index in [0.29, 0.717) is 12.8 Å². The van der Waals surface area contributed by atoms with Gasteiger partial charge in [-0.3, -0.25) is 4.79 Å². The number of ether oxygens (including phenoxy) is 1. The fourth-order valence-electron chi connectivity index (χ4n) is 2.84. The molecule has 0 saturated heterocycles. The Labute approximate surface area is 109 Å². The van der Waals surface area contributed by atoms with E-state index in [1.165, 1.54) is 6.21 Å². The molecule has 1 aliphatic heterocycles. The molecule has 0 aromatic carbocycles. The summed E-state index contributed by atoms with van der Waals surface area (Å²) in [6.07, 6.45) is 3.85. The van der Waals surface area contributed by atoms with Crippen LogP contribution in [0.5, 0.6) is 0 Å². The Morgan fingerprint density at radius 3 is 2.47 bits per heavy atom. The first kappa shape index (κ1) is 13.4. The lowest BCUT2D eigenvalue weighted by Gasteiger charge is -2.42. The van der Waals surface area contributed by atoms with Crippen LogP contribution in [0.15, 0.2) is 15.4 Å². The fraction of sp³-hybridized carbons (Fsp3) is 0.727. The number of nitrogens with zero attached hydrogens (tertiary/aromatic N) is 3. The van der Waals surface area contributed by atoms with Crippen molar-refractivity contribution in [1.82, 2.24) is 0 Å². The normalized spacial score (nSPS) is 28.2. The molecule has 0 spiro atoms. The second-order valence-electron chi connectivity index (χ2n) is 4.91. The molecule has 0 bridgehead atoms. The van der Waals surface area contributed by atoms with Gasteiger partial charge in [0.1, 0.15) is 12.0 Å². The van der Waals surface area contributed by atoms with Gasteiger partial charge in [0.15, 0.2) is 5.54 Å². The van der Waals surface area contributed by atoms with Crippen molar-refractivity contribution in [2.24, 2.45) is 26.6 Å². The van der Waals surface area contributed by atoms with Gasteiger partial charge in [0.25, 0.3) is 0 Å². The van der Waals surface area contributed by atoms with E-state index in [0.717, 1.165) is 19.3 Å². The van der Waals surface area contributed by atoms with Crippen molar-refractivity contribution in [3.05, 3.63) is 0 Å². The van der Waals surface area contributed by atoms with Gasteiger partial charge < -0.3 is 15.6 Å². The predicted molar refractivity (Wildman–Crippen MR) is 64.8 cm³/mol. The van der Waals surface area contributed by atoms with Crippen molar-refractivity contribution < 1.29 is 19.4 Å². The Balaban J connectivity index is 2.35. The van der Waals surface area contributed by atoms with Gasteiger partial charge in [0.05, 0.1) is 6.21 Å². The van der Waals surface area contributed by atoms with Gasteiger partial charge in [0.2, 0.25) is 0 Å². The summed E-state index contributed by atoms with van der Waals surface area (Å²) in [4.78, 5) is 22.6. The van der Waals surface area contributed by atoms with E-state index >= 15 is 0 Å². The zero-order valence-corrected chi connectivity index (χ0v) is 10.4. The van der Waals surface area contributed by atoms with Crippen molar-refractivity contribution in [2.75, 3.05) is 6.61 Å². The molecule has 3 N–H and O–H groups in total. The minimum atomic E-state index is -1.24. The molecular weight excluding hydrogens is 252 g/mol. The summed E-state index contributed by atoms with van der Waals surface area (Å²) in [7, 11) is 0. The smallest absolute Gasteiger partial charge is 0.404 e. The largest absolute Gasteiger partial charge is 0.481 e. The second-order valence-corrected chi connectivity index (χ2v) is 4.91. The number of rotatable bonds is 4. The number of carbonyl (C=O) groups excluding carboxylic acids is 1. The van der Waals surface area contributed by atoms with Crippen LogP contribution in [0, 0.1) is 5.41 Å². The molecule has 1 saturated carbocycles. The molecule has 1 fully saturated rings. The quantitative estimate of drug-likeness (QED) is 0.796. The molecule has 1 heterocycles. The highest BCUT2D eigenvalue weighted by molar-refractivity contribution is 5.87. The van der Waals surface area contributed by atoms with Crippen LogP contribution in [0.2, 0.25) is 0 Å². The molecule has 8 heteroatoms. The Morgan fingerprint density at radius 1 is 1.32 bits per heavy atom. The van der Waals surface area contributed by atoms with Crippen molar-refractivity contribution in [1.29, 1.82) is 0 Å². The summed E-state index contributed by atoms with van der Waals surface area (Å²) in [6.45, 7) is -0.248. The van der Waals surface area contributed by atoms with Crippen molar-refractivity contribution in [3.8, 4) is 0 Å². The number of primary amides is 1. The number of hydrogen-bond acceptors (Lipinski definition) is 6. The van der Waals surface area contributed by atoms with Crippen molar-refractivity contribution in [2.45, 2.75) is 37.6 Å². The number of carboxylic acid groups (broad SMARTS) is 1. The molecule has 8 nitrogen and oxygen atoms in total. The molecule has 0 radical (unpaired) electrons. The Morgan fingerprint density at radius 2 is 2.00 bits per heavy atom. The first-order valence-corrected chi connectivity index (χ1v) is 6.14. The molecule has 104 valence electrons. The summed E-state index contributed by atoms with van der Waals surface area (Å²) in [5.74, 6) is -0.965. The second kappa shape index (κ2) is 4.94. The topological polar surface area (TPSA) is 127 Å². The van der Waals surface area contributed by atoms with E-state index < -0.39 is 23.0 Å². The average Bonchev–Trinajstić information content (AvgIpc) is 2.87. The fourth-order valence-corrected chi connectivity index (χ4v) is 2.84. The lowest BCUT2D eigenvalue weighted by atomic mass is 9.62. The van der Waals surface area contributed by atoms with Gasteiger partial charge in [0, 0.05) is 0 Å². The van der Waals surface area contributed by atoms with Crippen molar-refractivity contribution >= 4 is 18.3 Å². The molecule has 0 aromatic heterocycles. The van der Waals surface area contributed by atoms with Crippen LogP contribution < -0.4 is 5.73 Å². The first-order chi connectivity index (χ1) is 9.02. The van der Waals surface area contributed by atoms with Crippen molar-refractivity contribution in [3.63, 3.8) is 0 Å². The van der Waals surface area contributed by atoms with Gasteiger partial charge in [-0.1, -0.05) is 19.3 Å². The lowest BCUT2D eigenvalue weighted by molar-refractivity contribution is -0.155. The van der Waals surface area contributed by atoms with Gasteiger partial charge in [-0.2, -0.15) is 5.11 Å². The standard InChI is InChI=1S/C11H16N4O4/c12-9(18)19-7-11(6-13-15-14-11)10(8(16)17)4-2-1-3-5-10/h6H,1-5,7H2,(H2,12,18)(H,16,17). The number of amides is 1. The Hall–Kier alpha value is -1.99. The summed E-state index contributed by atoms with van der Waals surface area (Å²) < 4.78 is 4.79.